The zero-order chi connectivity index (χ0) is 18.0. The number of carbonyl (C=O) groups is 1. The van der Waals surface area contributed by atoms with E-state index in [-0.39, 0.29) is 0 Å². The Morgan fingerprint density at radius 3 is 2.72 bits per heavy atom. The van der Waals surface area contributed by atoms with Gasteiger partial charge in [0.05, 0.1) is 22.6 Å². The maximum Gasteiger partial charge on any atom is 0.147 e. The van der Waals surface area contributed by atoms with Crippen molar-refractivity contribution in [3.05, 3.63) is 58.2 Å². The number of aldehydes is 1. The van der Waals surface area contributed by atoms with E-state index in [9.17, 15) is 4.79 Å². The first-order valence-corrected chi connectivity index (χ1v) is 8.18. The second-order valence-electron chi connectivity index (χ2n) is 5.76. The molecule has 0 saturated heterocycles. The molecule has 0 unspecified atom stereocenters. The number of nitrogens with two attached hydrogens (primary N) is 1. The van der Waals surface area contributed by atoms with Crippen LogP contribution in [0, 0.1) is 0 Å². The Morgan fingerprint density at radius 1 is 1.36 bits per heavy atom. The molecule has 0 fully saturated rings. The van der Waals surface area contributed by atoms with Gasteiger partial charge >= 0.3 is 0 Å². The number of halogens is 1. The van der Waals surface area contributed by atoms with Crippen LogP contribution in [0.4, 0.5) is 0 Å². The van der Waals surface area contributed by atoms with E-state index in [0.29, 0.717) is 40.4 Å². The van der Waals surface area contributed by atoms with Gasteiger partial charge in [-0.1, -0.05) is 11.6 Å². The van der Waals surface area contributed by atoms with Gasteiger partial charge in [-0.2, -0.15) is 5.10 Å². The maximum absolute atomic E-state index is 11.2. The van der Waals surface area contributed by atoms with Crippen molar-refractivity contribution >= 4 is 23.6 Å². The number of aromatic nitrogens is 3. The highest BCUT2D eigenvalue weighted by atomic mass is 35.5. The second-order valence-corrected chi connectivity index (χ2v) is 6.14. The minimum Gasteiger partial charge on any atom is -0.401 e. The summed E-state index contributed by atoms with van der Waals surface area (Å²) in [4.78, 5) is 20.0. The largest absolute Gasteiger partial charge is 0.401 e. The molecule has 1 aliphatic rings. The van der Waals surface area contributed by atoms with Crippen molar-refractivity contribution in [2.75, 3.05) is 7.05 Å². The molecule has 128 valence electrons. The Morgan fingerprint density at radius 2 is 2.16 bits per heavy atom. The maximum atomic E-state index is 11.2. The summed E-state index contributed by atoms with van der Waals surface area (Å²) < 4.78 is 1.73. The summed E-state index contributed by atoms with van der Waals surface area (Å²) in [5.74, 6) is 0. The van der Waals surface area contributed by atoms with Crippen molar-refractivity contribution in [2.24, 2.45) is 17.8 Å². The molecule has 2 N–H and O–H groups in total. The molecule has 6 nitrogen and oxygen atoms in total. The summed E-state index contributed by atoms with van der Waals surface area (Å²) in [5.41, 5.74) is 11.1. The van der Waals surface area contributed by atoms with Crippen LogP contribution in [0.5, 0.6) is 0 Å². The number of rotatable bonds is 4. The minimum atomic E-state index is 0.371. The summed E-state index contributed by atoms with van der Waals surface area (Å²) in [6.45, 7) is 0. The van der Waals surface area contributed by atoms with Crippen LogP contribution in [0.2, 0.25) is 0 Å². The van der Waals surface area contributed by atoms with Crippen molar-refractivity contribution < 1.29 is 4.79 Å². The third-order valence-corrected chi connectivity index (χ3v) is 4.56. The molecule has 0 atom stereocenters. The van der Waals surface area contributed by atoms with Gasteiger partial charge in [-0.15, -0.1) is 0 Å². The predicted molar refractivity (Wildman–Crippen MR) is 98.3 cm³/mol. The number of aliphatic imine (C=N–C) groups is 1. The molecular weight excluding hydrogens is 338 g/mol. The third-order valence-electron chi connectivity index (χ3n) is 4.13. The highest BCUT2D eigenvalue weighted by Gasteiger charge is 2.23. The quantitative estimate of drug-likeness (QED) is 0.674. The molecule has 2 aromatic heterocycles. The van der Waals surface area contributed by atoms with Gasteiger partial charge < -0.3 is 5.73 Å². The molecule has 0 spiro atoms. The van der Waals surface area contributed by atoms with Crippen LogP contribution in [-0.4, -0.2) is 33.8 Å². The molecule has 0 amide bonds. The topological polar surface area (TPSA) is 86.2 Å². The Kier molecular flexibility index (Phi) is 4.81. The first kappa shape index (κ1) is 17.1. The van der Waals surface area contributed by atoms with Crippen LogP contribution < -0.4 is 5.73 Å². The number of allylic oxidation sites excluding steroid dienone is 4. The van der Waals surface area contributed by atoms with Crippen molar-refractivity contribution in [3.8, 4) is 11.3 Å². The van der Waals surface area contributed by atoms with E-state index in [1.165, 1.54) is 0 Å². The van der Waals surface area contributed by atoms with Gasteiger partial charge in [0.15, 0.2) is 0 Å². The van der Waals surface area contributed by atoms with Gasteiger partial charge in [-0.05, 0) is 25.0 Å². The Bertz CT molecular complexity index is 906. The Balaban J connectivity index is 1.99. The van der Waals surface area contributed by atoms with Crippen LogP contribution >= 0.6 is 11.6 Å². The SMILES string of the molecule is CN=C(C1=C(N)CCC(C=O)=C1Cl)c1ccc(-c2cnn(C)c2)nc1. The molecule has 1 aliphatic carbocycles. The van der Waals surface area contributed by atoms with E-state index >= 15 is 0 Å². The molecular formula is C18H18ClN5O. The summed E-state index contributed by atoms with van der Waals surface area (Å²) >= 11 is 6.40. The fourth-order valence-electron chi connectivity index (χ4n) is 2.82. The zero-order valence-corrected chi connectivity index (χ0v) is 14.8. The van der Waals surface area contributed by atoms with Gasteiger partial charge in [0.1, 0.15) is 6.29 Å². The van der Waals surface area contributed by atoms with Crippen LogP contribution in [0.3, 0.4) is 0 Å². The van der Waals surface area contributed by atoms with Crippen LogP contribution in [0.25, 0.3) is 11.3 Å². The molecule has 25 heavy (non-hydrogen) atoms. The number of aryl methyl sites for hydroxylation is 1. The lowest BCUT2D eigenvalue weighted by Gasteiger charge is -2.20. The fraction of sp³-hybridized carbons (Fsp3) is 0.222. The summed E-state index contributed by atoms with van der Waals surface area (Å²) in [6, 6.07) is 3.81. The molecule has 3 rings (SSSR count). The average molecular weight is 356 g/mol. The van der Waals surface area contributed by atoms with Crippen LogP contribution in [-0.2, 0) is 11.8 Å². The van der Waals surface area contributed by atoms with E-state index in [2.05, 4.69) is 15.1 Å². The molecule has 2 aromatic rings. The third kappa shape index (κ3) is 3.25. The zero-order valence-electron chi connectivity index (χ0n) is 14.0. The van der Waals surface area contributed by atoms with Gasteiger partial charge in [-0.3, -0.25) is 19.5 Å². The highest BCUT2D eigenvalue weighted by Crippen LogP contribution is 2.32. The Hall–Kier alpha value is -2.73. The normalized spacial score (nSPS) is 15.7. The molecule has 2 heterocycles. The van der Waals surface area contributed by atoms with Crippen LogP contribution in [0.15, 0.2) is 57.6 Å². The first-order chi connectivity index (χ1) is 12.0. The van der Waals surface area contributed by atoms with Gasteiger partial charge in [-0.25, -0.2) is 0 Å². The van der Waals surface area contributed by atoms with Crippen molar-refractivity contribution in [1.29, 1.82) is 0 Å². The lowest BCUT2D eigenvalue weighted by Crippen LogP contribution is -2.18. The molecule has 0 aliphatic heterocycles. The number of hydrogen-bond acceptors (Lipinski definition) is 5. The van der Waals surface area contributed by atoms with Crippen LogP contribution in [0.1, 0.15) is 18.4 Å². The summed E-state index contributed by atoms with van der Waals surface area (Å²) in [5, 5.41) is 4.52. The number of nitrogens with zero attached hydrogens (tertiary/aromatic N) is 4. The highest BCUT2D eigenvalue weighted by molar-refractivity contribution is 6.39. The second kappa shape index (κ2) is 7.03. The van der Waals surface area contributed by atoms with Gasteiger partial charge in [0.25, 0.3) is 0 Å². The van der Waals surface area contributed by atoms with Crippen molar-refractivity contribution in [2.45, 2.75) is 12.8 Å². The fourth-order valence-corrected chi connectivity index (χ4v) is 3.17. The summed E-state index contributed by atoms with van der Waals surface area (Å²) in [7, 11) is 3.53. The molecule has 7 heteroatoms. The minimum absolute atomic E-state index is 0.371. The average Bonchev–Trinajstić information content (AvgIpc) is 3.05. The standard InChI is InChI=1S/C18H18ClN5O/c1-21-18(16-14(20)5-3-12(10-25)17(16)19)11-4-6-15(22-7-11)13-8-23-24(2)9-13/h4,6-10H,3,5,20H2,1-2H3. The lowest BCUT2D eigenvalue weighted by atomic mass is 9.91. The van der Waals surface area contributed by atoms with Gasteiger partial charge in [0, 0.05) is 54.5 Å². The first-order valence-electron chi connectivity index (χ1n) is 7.80. The molecule has 0 radical (unpaired) electrons. The molecule has 0 bridgehead atoms. The molecule has 0 saturated carbocycles. The lowest BCUT2D eigenvalue weighted by molar-refractivity contribution is -0.105. The number of hydrogen-bond donors (Lipinski definition) is 1. The van der Waals surface area contributed by atoms with E-state index in [4.69, 9.17) is 17.3 Å². The van der Waals surface area contributed by atoms with Crippen molar-refractivity contribution in [1.82, 2.24) is 14.8 Å². The van der Waals surface area contributed by atoms with Gasteiger partial charge in [0.2, 0.25) is 0 Å². The number of pyridine rings is 1. The van der Waals surface area contributed by atoms with Crippen molar-refractivity contribution in [3.63, 3.8) is 0 Å². The predicted octanol–water partition coefficient (Wildman–Crippen LogP) is 2.60. The van der Waals surface area contributed by atoms with E-state index < -0.39 is 0 Å². The van der Waals surface area contributed by atoms with E-state index in [1.807, 2.05) is 25.4 Å². The number of carbonyl (C=O) groups excluding carboxylic acids is 1. The van der Waals surface area contributed by atoms with E-state index in [0.717, 1.165) is 23.1 Å². The monoisotopic (exact) mass is 355 g/mol. The summed E-state index contributed by atoms with van der Waals surface area (Å²) in [6.07, 6.45) is 7.30. The van der Waals surface area contributed by atoms with E-state index in [1.54, 1.807) is 24.1 Å². The molecule has 0 aromatic carbocycles. The smallest absolute Gasteiger partial charge is 0.147 e. The Labute approximate surface area is 150 Å².